The van der Waals surface area contributed by atoms with Crippen LogP contribution >= 0.6 is 11.6 Å². The smallest absolute Gasteiger partial charge is 0.307 e. The molecule has 0 saturated carbocycles. The van der Waals surface area contributed by atoms with Gasteiger partial charge in [-0.2, -0.15) is 0 Å². The molecular formula is C11H10ClNO3. The maximum Gasteiger partial charge on any atom is 0.307 e. The van der Waals surface area contributed by atoms with E-state index in [9.17, 15) is 4.79 Å². The molecule has 2 aromatic rings. The van der Waals surface area contributed by atoms with E-state index in [1.54, 1.807) is 18.3 Å². The maximum atomic E-state index is 10.7. The van der Waals surface area contributed by atoms with Crippen LogP contribution in [0.2, 0.25) is 5.02 Å². The Morgan fingerprint density at radius 1 is 1.56 bits per heavy atom. The van der Waals surface area contributed by atoms with Crippen molar-refractivity contribution in [1.82, 2.24) is 4.98 Å². The van der Waals surface area contributed by atoms with E-state index in [2.05, 4.69) is 4.98 Å². The van der Waals surface area contributed by atoms with Crippen molar-refractivity contribution < 1.29 is 14.6 Å². The van der Waals surface area contributed by atoms with Gasteiger partial charge in [0.05, 0.1) is 18.6 Å². The van der Waals surface area contributed by atoms with Crippen molar-refractivity contribution in [3.8, 4) is 5.75 Å². The monoisotopic (exact) mass is 239 g/mol. The third-order valence-corrected chi connectivity index (χ3v) is 2.68. The Morgan fingerprint density at radius 2 is 2.31 bits per heavy atom. The number of carboxylic acid groups (broad SMARTS) is 1. The Balaban J connectivity index is 2.67. The lowest BCUT2D eigenvalue weighted by Gasteiger charge is -2.05. The first-order valence-electron chi connectivity index (χ1n) is 4.67. The molecule has 0 bridgehead atoms. The molecule has 0 radical (unpaired) electrons. The van der Waals surface area contributed by atoms with Gasteiger partial charge < -0.3 is 14.8 Å². The number of H-pyrrole nitrogens is 1. The molecule has 0 aliphatic carbocycles. The van der Waals surface area contributed by atoms with Crippen LogP contribution in [0.15, 0.2) is 18.3 Å². The minimum Gasteiger partial charge on any atom is -0.494 e. The highest BCUT2D eigenvalue weighted by Gasteiger charge is 2.14. The van der Waals surface area contributed by atoms with E-state index < -0.39 is 5.97 Å². The molecule has 5 heteroatoms. The third-order valence-electron chi connectivity index (χ3n) is 2.38. The number of methoxy groups -OCH3 is 1. The summed E-state index contributed by atoms with van der Waals surface area (Å²) in [5, 5.41) is 10.00. The quantitative estimate of drug-likeness (QED) is 0.865. The topological polar surface area (TPSA) is 62.3 Å². The van der Waals surface area contributed by atoms with Crippen LogP contribution < -0.4 is 4.74 Å². The molecule has 0 aliphatic rings. The largest absolute Gasteiger partial charge is 0.494 e. The molecule has 4 nitrogen and oxygen atoms in total. The number of fused-ring (bicyclic) bond motifs is 1. The number of nitrogens with one attached hydrogen (secondary N) is 1. The van der Waals surface area contributed by atoms with Crippen LogP contribution in [0.3, 0.4) is 0 Å². The fourth-order valence-electron chi connectivity index (χ4n) is 1.74. The number of hydrogen-bond acceptors (Lipinski definition) is 2. The fraction of sp³-hybridized carbons (Fsp3) is 0.182. The summed E-state index contributed by atoms with van der Waals surface area (Å²) < 4.78 is 5.19. The van der Waals surface area contributed by atoms with Gasteiger partial charge in [0.1, 0.15) is 5.75 Å². The normalized spacial score (nSPS) is 10.6. The molecule has 1 aromatic heterocycles. The zero-order valence-corrected chi connectivity index (χ0v) is 9.34. The van der Waals surface area contributed by atoms with Gasteiger partial charge in [0.15, 0.2) is 0 Å². The second-order valence-electron chi connectivity index (χ2n) is 3.39. The van der Waals surface area contributed by atoms with Gasteiger partial charge in [-0.25, -0.2) is 0 Å². The number of aromatic nitrogens is 1. The van der Waals surface area contributed by atoms with Crippen LogP contribution in [0.1, 0.15) is 5.56 Å². The molecule has 84 valence electrons. The van der Waals surface area contributed by atoms with E-state index in [1.807, 2.05) is 0 Å². The van der Waals surface area contributed by atoms with Crippen molar-refractivity contribution in [3.05, 3.63) is 28.9 Å². The highest BCUT2D eigenvalue weighted by atomic mass is 35.5. The molecule has 1 aromatic carbocycles. The fourth-order valence-corrected chi connectivity index (χ4v) is 1.97. The molecule has 0 amide bonds. The SMILES string of the molecule is COc1c(Cl)ccc2[nH]cc(CC(=O)O)c12. The second kappa shape index (κ2) is 4.06. The van der Waals surface area contributed by atoms with Crippen molar-refractivity contribution in [2.24, 2.45) is 0 Å². The molecule has 2 rings (SSSR count). The molecule has 0 aliphatic heterocycles. The number of carboxylic acids is 1. The maximum absolute atomic E-state index is 10.7. The van der Waals surface area contributed by atoms with Gasteiger partial charge in [0, 0.05) is 17.1 Å². The summed E-state index contributed by atoms with van der Waals surface area (Å²) in [6, 6.07) is 3.51. The molecule has 0 spiro atoms. The van der Waals surface area contributed by atoms with Crippen LogP contribution in [0.4, 0.5) is 0 Å². The van der Waals surface area contributed by atoms with Crippen LogP contribution in [-0.2, 0) is 11.2 Å². The lowest BCUT2D eigenvalue weighted by Crippen LogP contribution is -1.99. The standard InChI is InChI=1S/C11H10ClNO3/c1-16-11-7(12)2-3-8-10(11)6(5-13-8)4-9(14)15/h2-3,5,13H,4H2,1H3,(H,14,15). The third kappa shape index (κ3) is 1.72. The van der Waals surface area contributed by atoms with Crippen molar-refractivity contribution in [1.29, 1.82) is 0 Å². The minimum atomic E-state index is -0.886. The van der Waals surface area contributed by atoms with E-state index in [-0.39, 0.29) is 6.42 Å². The molecular weight excluding hydrogens is 230 g/mol. The first-order valence-corrected chi connectivity index (χ1v) is 5.05. The van der Waals surface area contributed by atoms with E-state index in [0.717, 1.165) is 10.9 Å². The average molecular weight is 240 g/mol. The number of hydrogen-bond donors (Lipinski definition) is 2. The number of aromatic amines is 1. The molecule has 16 heavy (non-hydrogen) atoms. The van der Waals surface area contributed by atoms with Crippen molar-refractivity contribution in [2.45, 2.75) is 6.42 Å². The van der Waals surface area contributed by atoms with Gasteiger partial charge in [-0.3, -0.25) is 4.79 Å². The van der Waals surface area contributed by atoms with Gasteiger partial charge in [-0.05, 0) is 17.7 Å². The summed E-state index contributed by atoms with van der Waals surface area (Å²) in [5.74, 6) is -0.375. The Kier molecular flexibility index (Phi) is 2.75. The molecule has 1 heterocycles. The lowest BCUT2D eigenvalue weighted by atomic mass is 10.1. The van der Waals surface area contributed by atoms with Crippen LogP contribution in [0, 0.1) is 0 Å². The van der Waals surface area contributed by atoms with Crippen LogP contribution in [-0.4, -0.2) is 23.2 Å². The predicted molar refractivity (Wildman–Crippen MR) is 61.2 cm³/mol. The molecule has 0 fully saturated rings. The number of carbonyl (C=O) groups is 1. The van der Waals surface area contributed by atoms with Crippen molar-refractivity contribution in [2.75, 3.05) is 7.11 Å². The summed E-state index contributed by atoms with van der Waals surface area (Å²) >= 11 is 5.98. The number of rotatable bonds is 3. The number of aliphatic carboxylic acids is 1. The van der Waals surface area contributed by atoms with Crippen molar-refractivity contribution >= 4 is 28.5 Å². The summed E-state index contributed by atoms with van der Waals surface area (Å²) in [7, 11) is 1.51. The summed E-state index contributed by atoms with van der Waals surface area (Å²) in [4.78, 5) is 13.7. The summed E-state index contributed by atoms with van der Waals surface area (Å²) in [5.41, 5.74) is 1.49. The van der Waals surface area contributed by atoms with Gasteiger partial charge in [0.2, 0.25) is 0 Å². The highest BCUT2D eigenvalue weighted by Crippen LogP contribution is 2.35. The molecule has 2 N–H and O–H groups in total. The average Bonchev–Trinajstić information content (AvgIpc) is 2.61. The van der Waals surface area contributed by atoms with Crippen LogP contribution in [0.25, 0.3) is 10.9 Å². The number of halogens is 1. The number of ether oxygens (including phenoxy) is 1. The second-order valence-corrected chi connectivity index (χ2v) is 3.79. The molecule has 0 saturated heterocycles. The summed E-state index contributed by atoms with van der Waals surface area (Å²) in [6.07, 6.45) is 1.61. The zero-order chi connectivity index (χ0) is 11.7. The zero-order valence-electron chi connectivity index (χ0n) is 8.58. The van der Waals surface area contributed by atoms with E-state index >= 15 is 0 Å². The summed E-state index contributed by atoms with van der Waals surface area (Å²) in [6.45, 7) is 0. The van der Waals surface area contributed by atoms with Crippen molar-refractivity contribution in [3.63, 3.8) is 0 Å². The van der Waals surface area contributed by atoms with E-state index in [0.29, 0.717) is 16.3 Å². The highest BCUT2D eigenvalue weighted by molar-refractivity contribution is 6.33. The Hall–Kier alpha value is -1.68. The predicted octanol–water partition coefficient (Wildman–Crippen LogP) is 2.46. The Morgan fingerprint density at radius 3 is 2.94 bits per heavy atom. The van der Waals surface area contributed by atoms with Gasteiger partial charge >= 0.3 is 5.97 Å². The molecule has 0 unspecified atom stereocenters. The molecule has 0 atom stereocenters. The van der Waals surface area contributed by atoms with Gasteiger partial charge in [-0.1, -0.05) is 11.6 Å². The number of benzene rings is 1. The minimum absolute atomic E-state index is 0.0588. The lowest BCUT2D eigenvalue weighted by molar-refractivity contribution is -0.136. The van der Waals surface area contributed by atoms with Gasteiger partial charge in [0.25, 0.3) is 0 Å². The van der Waals surface area contributed by atoms with Gasteiger partial charge in [-0.15, -0.1) is 0 Å². The Bertz CT molecular complexity index is 547. The first kappa shape index (κ1) is 10.8. The Labute approximate surface area is 96.8 Å². The first-order chi connectivity index (χ1) is 7.63. The van der Waals surface area contributed by atoms with Crippen LogP contribution in [0.5, 0.6) is 5.75 Å². The van der Waals surface area contributed by atoms with E-state index in [4.69, 9.17) is 21.4 Å². The van der Waals surface area contributed by atoms with E-state index in [1.165, 1.54) is 7.11 Å².